The van der Waals surface area contributed by atoms with Crippen molar-refractivity contribution in [1.82, 2.24) is 9.55 Å². The van der Waals surface area contributed by atoms with Crippen molar-refractivity contribution in [2.75, 3.05) is 0 Å². The number of benzene rings is 8. The normalized spacial score (nSPS) is 11.2. The number of hydrogen-bond acceptors (Lipinski definition) is 0. The first-order chi connectivity index (χ1) is 24.8. The van der Waals surface area contributed by atoms with E-state index in [4.69, 9.17) is 0 Å². The Bertz CT molecular complexity index is 2700. The van der Waals surface area contributed by atoms with E-state index in [1.807, 2.05) is 12.1 Å². The predicted molar refractivity (Wildman–Crippen MR) is 213 cm³/mol. The fourth-order valence-electron chi connectivity index (χ4n) is 7.25. The van der Waals surface area contributed by atoms with Crippen LogP contribution in [0.5, 0.6) is 0 Å². The maximum atomic E-state index is 3.72. The summed E-state index contributed by atoms with van der Waals surface area (Å²) in [5.74, 6) is 0. The second-order valence-electron chi connectivity index (χ2n) is 12.6. The first-order valence-electron chi connectivity index (χ1n) is 17.1. The third-order valence-electron chi connectivity index (χ3n) is 9.60. The molecule has 8 aromatic carbocycles. The maximum Gasteiger partial charge on any atom is 0.0566 e. The van der Waals surface area contributed by atoms with Gasteiger partial charge in [-0.15, -0.1) is 0 Å². The minimum Gasteiger partial charge on any atom is -0.354 e. The molecule has 0 bridgehead atoms. The van der Waals surface area contributed by atoms with Crippen molar-refractivity contribution in [3.8, 4) is 39.1 Å². The van der Waals surface area contributed by atoms with Gasteiger partial charge in [-0.2, -0.15) is 0 Å². The van der Waals surface area contributed by atoms with Gasteiger partial charge in [0.2, 0.25) is 0 Å². The van der Waals surface area contributed by atoms with Crippen LogP contribution in [-0.4, -0.2) is 9.55 Å². The first-order valence-corrected chi connectivity index (χ1v) is 17.1. The first kappa shape index (κ1) is 29.5. The van der Waals surface area contributed by atoms with Gasteiger partial charge in [-0.3, -0.25) is 0 Å². The number of H-pyrrole nitrogens is 1. The molecule has 0 unspecified atom stereocenters. The molecule has 0 aliphatic heterocycles. The zero-order chi connectivity index (χ0) is 33.3. The Balaban J connectivity index is 0.000000237. The van der Waals surface area contributed by atoms with Gasteiger partial charge in [0.05, 0.1) is 16.6 Å². The van der Waals surface area contributed by atoms with E-state index in [0.29, 0.717) is 0 Å². The number of aromatic nitrogens is 2. The molecule has 0 amide bonds. The van der Waals surface area contributed by atoms with Gasteiger partial charge in [0.25, 0.3) is 0 Å². The summed E-state index contributed by atoms with van der Waals surface area (Å²) in [6.45, 7) is 0. The summed E-state index contributed by atoms with van der Waals surface area (Å²) in [6.07, 6.45) is 0. The van der Waals surface area contributed by atoms with Crippen LogP contribution in [0.4, 0.5) is 0 Å². The lowest BCUT2D eigenvalue weighted by atomic mass is 9.99. The van der Waals surface area contributed by atoms with E-state index in [9.17, 15) is 0 Å². The summed E-state index contributed by atoms with van der Waals surface area (Å²) in [5, 5.41) is 5.06. The Morgan fingerprint density at radius 2 is 0.820 bits per heavy atom. The second kappa shape index (κ2) is 12.8. The highest BCUT2D eigenvalue weighted by Gasteiger charge is 2.17. The molecule has 50 heavy (non-hydrogen) atoms. The topological polar surface area (TPSA) is 20.7 Å². The zero-order valence-electron chi connectivity index (χ0n) is 27.5. The number of nitrogens with one attached hydrogen (secondary N) is 1. The maximum absolute atomic E-state index is 3.72. The van der Waals surface area contributed by atoms with Gasteiger partial charge in [0, 0.05) is 32.7 Å². The summed E-state index contributed by atoms with van der Waals surface area (Å²) in [5.41, 5.74) is 13.4. The number of nitrogens with zero attached hydrogens (tertiary/aromatic N) is 1. The van der Waals surface area contributed by atoms with Gasteiger partial charge in [0.15, 0.2) is 0 Å². The highest BCUT2D eigenvalue weighted by atomic mass is 15.0. The predicted octanol–water partition coefficient (Wildman–Crippen LogP) is 13.1. The van der Waals surface area contributed by atoms with Crippen molar-refractivity contribution in [1.29, 1.82) is 0 Å². The summed E-state index contributed by atoms with van der Waals surface area (Å²) in [7, 11) is 0. The Morgan fingerprint density at radius 3 is 1.50 bits per heavy atom. The molecule has 236 valence electrons. The number of aromatic amines is 1. The van der Waals surface area contributed by atoms with Crippen molar-refractivity contribution in [2.24, 2.45) is 0 Å². The van der Waals surface area contributed by atoms with Crippen molar-refractivity contribution in [3.63, 3.8) is 0 Å². The molecule has 1 N–H and O–H groups in total. The molecular weight excluding hydrogens is 605 g/mol. The second-order valence-corrected chi connectivity index (χ2v) is 12.6. The lowest BCUT2D eigenvalue weighted by Crippen LogP contribution is -1.94. The summed E-state index contributed by atoms with van der Waals surface area (Å²) in [4.78, 5) is 3.72. The van der Waals surface area contributed by atoms with Crippen molar-refractivity contribution in [3.05, 3.63) is 200 Å². The largest absolute Gasteiger partial charge is 0.354 e. The molecule has 0 radical (unpaired) electrons. The minimum atomic E-state index is 1.16. The van der Waals surface area contributed by atoms with Gasteiger partial charge in [-0.1, -0.05) is 164 Å². The molecule has 0 saturated heterocycles. The van der Waals surface area contributed by atoms with E-state index in [0.717, 1.165) is 5.69 Å². The standard InChI is InChI=1S/C36H24N2.C12H10/c1-2-10-24(11-3-1)25-12-8-13-26(22-25)27-14-9-15-28(23-27)38-33-19-7-5-17-31(33)35-34(38)21-20-30-29-16-4-6-18-32(29)37-36(30)35;1-3-7-11(8-4-1)12-9-5-2-6-10-12/h1-23,37H;1-10H. The molecule has 0 fully saturated rings. The third-order valence-corrected chi connectivity index (χ3v) is 9.60. The Hall–Kier alpha value is -6.64. The molecule has 10 aromatic rings. The highest BCUT2D eigenvalue weighted by molar-refractivity contribution is 6.25. The Kier molecular flexibility index (Phi) is 7.53. The smallest absolute Gasteiger partial charge is 0.0566 e. The van der Waals surface area contributed by atoms with E-state index in [-0.39, 0.29) is 0 Å². The number of hydrogen-bond donors (Lipinski definition) is 1. The van der Waals surface area contributed by atoms with Crippen molar-refractivity contribution >= 4 is 43.6 Å². The average molecular weight is 639 g/mol. The van der Waals surface area contributed by atoms with Crippen molar-refractivity contribution < 1.29 is 0 Å². The van der Waals surface area contributed by atoms with Gasteiger partial charge < -0.3 is 9.55 Å². The van der Waals surface area contributed by atoms with Crippen molar-refractivity contribution in [2.45, 2.75) is 0 Å². The molecule has 0 atom stereocenters. The molecule has 2 heterocycles. The quantitative estimate of drug-likeness (QED) is 0.198. The monoisotopic (exact) mass is 638 g/mol. The number of rotatable bonds is 4. The molecule has 2 aromatic heterocycles. The Labute approximate surface area is 291 Å². The van der Waals surface area contributed by atoms with Crippen LogP contribution in [0.1, 0.15) is 0 Å². The van der Waals surface area contributed by atoms with Gasteiger partial charge >= 0.3 is 0 Å². The summed E-state index contributed by atoms with van der Waals surface area (Å²) in [6, 6.07) is 70.9. The van der Waals surface area contributed by atoms with Crippen LogP contribution in [0, 0.1) is 0 Å². The molecular formula is C48H34N2. The molecule has 10 rings (SSSR count). The van der Waals surface area contributed by atoms with E-state index in [1.54, 1.807) is 0 Å². The number of fused-ring (bicyclic) bond motifs is 7. The van der Waals surface area contributed by atoms with Gasteiger partial charge in [-0.25, -0.2) is 0 Å². The van der Waals surface area contributed by atoms with Crippen LogP contribution in [0.2, 0.25) is 0 Å². The molecule has 0 aliphatic carbocycles. The van der Waals surface area contributed by atoms with Crippen LogP contribution in [0.25, 0.3) is 82.7 Å². The fourth-order valence-corrected chi connectivity index (χ4v) is 7.25. The van der Waals surface area contributed by atoms with E-state index in [1.165, 1.54) is 77.0 Å². The highest BCUT2D eigenvalue weighted by Crippen LogP contribution is 2.39. The third kappa shape index (κ3) is 5.34. The fraction of sp³-hybridized carbons (Fsp3) is 0. The summed E-state index contributed by atoms with van der Waals surface area (Å²) < 4.78 is 2.40. The zero-order valence-corrected chi connectivity index (χ0v) is 27.5. The van der Waals surface area contributed by atoms with Crippen LogP contribution < -0.4 is 0 Å². The van der Waals surface area contributed by atoms with Crippen LogP contribution >= 0.6 is 0 Å². The number of para-hydroxylation sites is 2. The lowest BCUT2D eigenvalue weighted by Gasteiger charge is -2.11. The molecule has 0 saturated carbocycles. The average Bonchev–Trinajstić information content (AvgIpc) is 3.75. The summed E-state index contributed by atoms with van der Waals surface area (Å²) >= 11 is 0. The molecule has 0 aliphatic rings. The van der Waals surface area contributed by atoms with E-state index in [2.05, 4.69) is 198 Å². The van der Waals surface area contributed by atoms with Crippen LogP contribution in [0.15, 0.2) is 200 Å². The molecule has 0 spiro atoms. The minimum absolute atomic E-state index is 1.16. The molecule has 2 heteroatoms. The SMILES string of the molecule is c1ccc(-c2cccc(-c3cccc(-n4c5ccccc5c5c6[nH]c7ccccc7c6ccc54)c3)c2)cc1.c1ccc(-c2ccccc2)cc1. The van der Waals surface area contributed by atoms with Gasteiger partial charge in [-0.05, 0) is 69.8 Å². The van der Waals surface area contributed by atoms with Gasteiger partial charge in [0.1, 0.15) is 0 Å². The Morgan fingerprint density at radius 1 is 0.320 bits per heavy atom. The molecule has 2 nitrogen and oxygen atoms in total. The van der Waals surface area contributed by atoms with E-state index < -0.39 is 0 Å². The lowest BCUT2D eigenvalue weighted by molar-refractivity contribution is 1.18. The van der Waals surface area contributed by atoms with E-state index >= 15 is 0 Å². The van der Waals surface area contributed by atoms with Crippen LogP contribution in [0.3, 0.4) is 0 Å². The van der Waals surface area contributed by atoms with Crippen LogP contribution in [-0.2, 0) is 0 Å².